The van der Waals surface area contributed by atoms with Crippen LogP contribution in [0.1, 0.15) is 26.7 Å². The molecule has 31 heavy (non-hydrogen) atoms. The van der Waals surface area contributed by atoms with Crippen LogP contribution in [-0.2, 0) is 16.2 Å². The molecule has 0 bridgehead atoms. The average molecular weight is 446 g/mol. The largest absolute Gasteiger partial charge is 0.497 e. The summed E-state index contributed by atoms with van der Waals surface area (Å²) in [6.45, 7) is 7.84. The number of piperidine rings is 1. The normalized spacial score (nSPS) is 23.1. The maximum atomic E-state index is 13.0. The van der Waals surface area contributed by atoms with Gasteiger partial charge in [0.1, 0.15) is 5.75 Å². The van der Waals surface area contributed by atoms with E-state index in [2.05, 4.69) is 15.0 Å². The first-order chi connectivity index (χ1) is 14.9. The van der Waals surface area contributed by atoms with E-state index in [1.165, 1.54) is 0 Å². The van der Waals surface area contributed by atoms with Crippen molar-refractivity contribution < 1.29 is 14.3 Å². The lowest BCUT2D eigenvalue weighted by atomic mass is 9.95. The van der Waals surface area contributed by atoms with Crippen molar-refractivity contribution in [3.8, 4) is 17.1 Å². The number of amides is 1. The second kappa shape index (κ2) is 9.50. The monoisotopic (exact) mass is 445 g/mol. The molecule has 1 aromatic heterocycles. The quantitative estimate of drug-likeness (QED) is 0.714. The molecule has 3 heterocycles. The SMILES string of the molecule is COc1ccc(-c2nc(=S)n(CN3CCC(C(=O)N4C[C@H](C)O[C@@H](C)C4)CC3)[nH]2)cc1. The summed E-state index contributed by atoms with van der Waals surface area (Å²) in [6, 6.07) is 7.73. The van der Waals surface area contributed by atoms with E-state index >= 15 is 0 Å². The van der Waals surface area contributed by atoms with Gasteiger partial charge in [-0.3, -0.25) is 14.8 Å². The summed E-state index contributed by atoms with van der Waals surface area (Å²) >= 11 is 5.46. The van der Waals surface area contributed by atoms with Gasteiger partial charge in [0.2, 0.25) is 10.7 Å². The maximum absolute atomic E-state index is 13.0. The first kappa shape index (κ1) is 22.0. The van der Waals surface area contributed by atoms with Gasteiger partial charge in [-0.05, 0) is 63.2 Å². The number of H-pyrrole nitrogens is 1. The van der Waals surface area contributed by atoms with Crippen molar-refractivity contribution in [1.82, 2.24) is 24.6 Å². The molecular weight excluding hydrogens is 414 g/mol. The number of ether oxygens (including phenoxy) is 2. The summed E-state index contributed by atoms with van der Waals surface area (Å²) < 4.78 is 13.4. The third-order valence-electron chi connectivity index (χ3n) is 6.05. The highest BCUT2D eigenvalue weighted by Gasteiger charge is 2.32. The molecule has 1 aromatic carbocycles. The standard InChI is InChI=1S/C22H31N5O3S/c1-15-12-26(13-16(2)30-15)21(28)18-8-10-25(11-9-18)14-27-22(31)23-20(24-27)17-4-6-19(29-3)7-5-17/h4-7,15-16,18H,8-14H2,1-3H3,(H,23,24,31)/t15-,16-/m0/s1. The number of nitrogens with zero attached hydrogens (tertiary/aromatic N) is 4. The lowest BCUT2D eigenvalue weighted by molar-refractivity contribution is -0.149. The molecule has 9 heteroatoms. The van der Waals surface area contributed by atoms with Crippen molar-refractivity contribution >= 4 is 18.1 Å². The van der Waals surface area contributed by atoms with Crippen LogP contribution >= 0.6 is 12.2 Å². The zero-order valence-electron chi connectivity index (χ0n) is 18.4. The molecule has 168 valence electrons. The summed E-state index contributed by atoms with van der Waals surface area (Å²) in [4.78, 5) is 21.8. The second-order valence-electron chi connectivity index (χ2n) is 8.55. The maximum Gasteiger partial charge on any atom is 0.225 e. The van der Waals surface area contributed by atoms with Gasteiger partial charge < -0.3 is 14.4 Å². The number of benzene rings is 1. The second-order valence-corrected chi connectivity index (χ2v) is 8.91. The highest BCUT2D eigenvalue weighted by Crippen LogP contribution is 2.23. The van der Waals surface area contributed by atoms with Crippen molar-refractivity contribution in [3.63, 3.8) is 0 Å². The fourth-order valence-corrected chi connectivity index (χ4v) is 4.66. The predicted molar refractivity (Wildman–Crippen MR) is 120 cm³/mol. The Balaban J connectivity index is 1.33. The van der Waals surface area contributed by atoms with Crippen LogP contribution in [0.4, 0.5) is 0 Å². The number of hydrogen-bond acceptors (Lipinski definition) is 6. The molecule has 1 N–H and O–H groups in total. The van der Waals surface area contributed by atoms with Crippen molar-refractivity contribution in [1.29, 1.82) is 0 Å². The van der Waals surface area contributed by atoms with Crippen LogP contribution in [0.2, 0.25) is 0 Å². The minimum atomic E-state index is 0.0957. The Hall–Kier alpha value is -2.23. The van der Waals surface area contributed by atoms with E-state index in [1.807, 2.05) is 47.7 Å². The molecule has 0 aliphatic carbocycles. The van der Waals surface area contributed by atoms with E-state index in [4.69, 9.17) is 21.7 Å². The smallest absolute Gasteiger partial charge is 0.225 e. The number of hydrogen-bond donors (Lipinski definition) is 1. The van der Waals surface area contributed by atoms with Gasteiger partial charge in [0, 0.05) is 37.7 Å². The van der Waals surface area contributed by atoms with Crippen LogP contribution < -0.4 is 4.74 Å². The number of morpholine rings is 1. The summed E-state index contributed by atoms with van der Waals surface area (Å²) in [5.74, 6) is 1.92. The molecule has 1 amide bonds. The van der Waals surface area contributed by atoms with Crippen LogP contribution in [0.15, 0.2) is 24.3 Å². The van der Waals surface area contributed by atoms with Gasteiger partial charge in [0.25, 0.3) is 0 Å². The number of carbonyl (C=O) groups is 1. The van der Waals surface area contributed by atoms with Crippen molar-refractivity contribution in [2.75, 3.05) is 33.3 Å². The third kappa shape index (κ3) is 5.16. The molecule has 4 rings (SSSR count). The zero-order chi connectivity index (χ0) is 22.0. The molecule has 0 saturated carbocycles. The van der Waals surface area contributed by atoms with E-state index in [9.17, 15) is 4.79 Å². The number of aromatic amines is 1. The topological polar surface area (TPSA) is 75.6 Å². The Labute approximate surface area is 188 Å². The van der Waals surface area contributed by atoms with E-state index in [-0.39, 0.29) is 24.0 Å². The van der Waals surface area contributed by atoms with E-state index in [1.54, 1.807) is 7.11 Å². The number of carbonyl (C=O) groups excluding carboxylic acids is 1. The minimum Gasteiger partial charge on any atom is -0.497 e. The number of methoxy groups -OCH3 is 1. The molecule has 2 aromatic rings. The number of aromatic nitrogens is 3. The molecule has 2 atom stereocenters. The Morgan fingerprint density at radius 3 is 2.45 bits per heavy atom. The van der Waals surface area contributed by atoms with Gasteiger partial charge in [0.05, 0.1) is 26.0 Å². The molecule has 2 saturated heterocycles. The molecular formula is C22H31N5O3S. The van der Waals surface area contributed by atoms with Crippen molar-refractivity contribution in [3.05, 3.63) is 29.0 Å². The molecule has 0 unspecified atom stereocenters. The van der Waals surface area contributed by atoms with E-state index < -0.39 is 0 Å². The Kier molecular flexibility index (Phi) is 6.74. The van der Waals surface area contributed by atoms with Crippen LogP contribution in [0.25, 0.3) is 11.4 Å². The number of nitrogens with one attached hydrogen (secondary N) is 1. The molecule has 0 spiro atoms. The molecule has 8 nitrogen and oxygen atoms in total. The highest BCUT2D eigenvalue weighted by atomic mass is 32.1. The van der Waals surface area contributed by atoms with Crippen molar-refractivity contribution in [2.24, 2.45) is 5.92 Å². The highest BCUT2D eigenvalue weighted by molar-refractivity contribution is 7.71. The molecule has 2 aliphatic rings. The molecule has 2 fully saturated rings. The van der Waals surface area contributed by atoms with Gasteiger partial charge in [-0.1, -0.05) is 0 Å². The van der Waals surface area contributed by atoms with Gasteiger partial charge >= 0.3 is 0 Å². The number of rotatable bonds is 5. The Morgan fingerprint density at radius 1 is 1.19 bits per heavy atom. The van der Waals surface area contributed by atoms with Gasteiger partial charge in [-0.25, -0.2) is 4.68 Å². The van der Waals surface area contributed by atoms with E-state index in [0.29, 0.717) is 24.5 Å². The van der Waals surface area contributed by atoms with Crippen LogP contribution in [-0.4, -0.2) is 76.0 Å². The lowest BCUT2D eigenvalue weighted by Gasteiger charge is -2.39. The van der Waals surface area contributed by atoms with Gasteiger partial charge in [0.15, 0.2) is 5.82 Å². The van der Waals surface area contributed by atoms with E-state index in [0.717, 1.165) is 43.1 Å². The Bertz CT molecular complexity index is 939. The summed E-state index contributed by atoms with van der Waals surface area (Å²) in [6.07, 6.45) is 1.95. The molecule has 2 aliphatic heterocycles. The molecule has 0 radical (unpaired) electrons. The lowest BCUT2D eigenvalue weighted by Crippen LogP contribution is -2.51. The third-order valence-corrected chi connectivity index (χ3v) is 6.36. The first-order valence-corrected chi connectivity index (χ1v) is 11.3. The predicted octanol–water partition coefficient (Wildman–Crippen LogP) is 2.92. The number of likely N-dealkylation sites (tertiary alicyclic amines) is 1. The fraction of sp³-hybridized carbons (Fsp3) is 0.591. The average Bonchev–Trinajstić information content (AvgIpc) is 3.13. The van der Waals surface area contributed by atoms with Gasteiger partial charge in [-0.15, -0.1) is 0 Å². The van der Waals surface area contributed by atoms with Gasteiger partial charge in [-0.2, -0.15) is 4.98 Å². The van der Waals surface area contributed by atoms with Crippen LogP contribution in [0.5, 0.6) is 5.75 Å². The first-order valence-electron chi connectivity index (χ1n) is 10.9. The minimum absolute atomic E-state index is 0.0957. The zero-order valence-corrected chi connectivity index (χ0v) is 19.2. The fourth-order valence-electron chi connectivity index (χ4n) is 4.47. The summed E-state index contributed by atoms with van der Waals surface area (Å²) in [5.41, 5.74) is 0.962. The Morgan fingerprint density at radius 2 is 1.84 bits per heavy atom. The summed E-state index contributed by atoms with van der Waals surface area (Å²) in [7, 11) is 1.65. The van der Waals surface area contributed by atoms with Crippen LogP contribution in [0.3, 0.4) is 0 Å². The summed E-state index contributed by atoms with van der Waals surface area (Å²) in [5, 5.41) is 3.31. The van der Waals surface area contributed by atoms with Crippen LogP contribution in [0, 0.1) is 10.7 Å². The van der Waals surface area contributed by atoms with Crippen molar-refractivity contribution in [2.45, 2.75) is 45.6 Å².